The standard InChI is InChI=1S/C15H18INO/c1-11-5-7-13(10-15(11)16)17-12(2)6-8-14-4-3-9-18-14/h3-5,7,9-10,12,17H,6,8H2,1-2H3. The largest absolute Gasteiger partial charge is 0.469 e. The summed E-state index contributed by atoms with van der Waals surface area (Å²) in [6.07, 6.45) is 3.78. The molecule has 3 heteroatoms. The summed E-state index contributed by atoms with van der Waals surface area (Å²) >= 11 is 2.37. The number of halogens is 1. The molecule has 1 atom stereocenters. The lowest BCUT2D eigenvalue weighted by Gasteiger charge is -2.15. The Morgan fingerprint density at radius 2 is 2.17 bits per heavy atom. The second-order valence-corrected chi connectivity index (χ2v) is 5.79. The predicted molar refractivity (Wildman–Crippen MR) is 84.0 cm³/mol. The molecule has 1 heterocycles. The molecule has 0 aliphatic carbocycles. The Bertz CT molecular complexity index is 493. The van der Waals surface area contributed by atoms with E-state index in [0.29, 0.717) is 6.04 Å². The van der Waals surface area contributed by atoms with Gasteiger partial charge < -0.3 is 9.73 Å². The van der Waals surface area contributed by atoms with Crippen molar-refractivity contribution in [3.63, 3.8) is 0 Å². The number of anilines is 1. The van der Waals surface area contributed by atoms with Gasteiger partial charge in [-0.3, -0.25) is 0 Å². The number of aryl methyl sites for hydroxylation is 2. The first-order valence-corrected chi connectivity index (χ1v) is 7.28. The SMILES string of the molecule is Cc1ccc(NC(C)CCc2ccco2)cc1I. The lowest BCUT2D eigenvalue weighted by atomic mass is 10.1. The Morgan fingerprint density at radius 3 is 2.83 bits per heavy atom. The second kappa shape index (κ2) is 6.27. The smallest absolute Gasteiger partial charge is 0.103 e. The number of hydrogen-bond acceptors (Lipinski definition) is 2. The summed E-state index contributed by atoms with van der Waals surface area (Å²) in [4.78, 5) is 0. The summed E-state index contributed by atoms with van der Waals surface area (Å²) in [5.74, 6) is 1.06. The first kappa shape index (κ1) is 13.5. The van der Waals surface area contributed by atoms with E-state index in [1.54, 1.807) is 6.26 Å². The number of furan rings is 1. The van der Waals surface area contributed by atoms with Crippen molar-refractivity contribution in [3.8, 4) is 0 Å². The van der Waals surface area contributed by atoms with Crippen LogP contribution in [-0.4, -0.2) is 6.04 Å². The Labute approximate surface area is 122 Å². The van der Waals surface area contributed by atoms with E-state index in [-0.39, 0.29) is 0 Å². The molecule has 2 rings (SSSR count). The van der Waals surface area contributed by atoms with Crippen LogP contribution in [0.1, 0.15) is 24.7 Å². The minimum atomic E-state index is 0.439. The van der Waals surface area contributed by atoms with Crippen molar-refractivity contribution in [2.75, 3.05) is 5.32 Å². The molecule has 1 unspecified atom stereocenters. The maximum Gasteiger partial charge on any atom is 0.103 e. The van der Waals surface area contributed by atoms with Crippen molar-refractivity contribution in [2.24, 2.45) is 0 Å². The van der Waals surface area contributed by atoms with Gasteiger partial charge in [0.25, 0.3) is 0 Å². The summed E-state index contributed by atoms with van der Waals surface area (Å²) < 4.78 is 6.64. The number of nitrogens with one attached hydrogen (secondary N) is 1. The molecule has 96 valence electrons. The normalized spacial score (nSPS) is 12.4. The molecule has 0 aliphatic heterocycles. The zero-order valence-corrected chi connectivity index (χ0v) is 12.9. The van der Waals surface area contributed by atoms with Gasteiger partial charge in [-0.05, 0) is 72.7 Å². The van der Waals surface area contributed by atoms with Crippen molar-refractivity contribution >= 4 is 28.3 Å². The quantitative estimate of drug-likeness (QED) is 0.792. The molecular weight excluding hydrogens is 337 g/mol. The highest BCUT2D eigenvalue weighted by atomic mass is 127. The van der Waals surface area contributed by atoms with E-state index < -0.39 is 0 Å². The van der Waals surface area contributed by atoms with Crippen LogP contribution in [0.3, 0.4) is 0 Å². The molecule has 0 bridgehead atoms. The molecule has 0 amide bonds. The Balaban J connectivity index is 1.86. The highest BCUT2D eigenvalue weighted by Crippen LogP contribution is 2.18. The summed E-state index contributed by atoms with van der Waals surface area (Å²) in [5.41, 5.74) is 2.52. The van der Waals surface area contributed by atoms with Crippen LogP contribution in [0.25, 0.3) is 0 Å². The maximum absolute atomic E-state index is 5.34. The predicted octanol–water partition coefficient (Wildman–Crippen LogP) is 4.63. The first-order chi connectivity index (χ1) is 8.65. The van der Waals surface area contributed by atoms with E-state index in [1.165, 1.54) is 14.8 Å². The van der Waals surface area contributed by atoms with Crippen molar-refractivity contribution in [2.45, 2.75) is 32.7 Å². The monoisotopic (exact) mass is 355 g/mol. The van der Waals surface area contributed by atoms with Crippen LogP contribution >= 0.6 is 22.6 Å². The van der Waals surface area contributed by atoms with E-state index in [1.807, 2.05) is 12.1 Å². The van der Waals surface area contributed by atoms with Gasteiger partial charge in [0.1, 0.15) is 5.76 Å². The fourth-order valence-corrected chi connectivity index (χ4v) is 2.37. The molecule has 0 fully saturated rings. The van der Waals surface area contributed by atoms with Gasteiger partial charge in [0.05, 0.1) is 6.26 Å². The van der Waals surface area contributed by atoms with Crippen molar-refractivity contribution in [3.05, 3.63) is 51.5 Å². The highest BCUT2D eigenvalue weighted by molar-refractivity contribution is 14.1. The molecule has 0 saturated heterocycles. The molecule has 0 aliphatic rings. The number of rotatable bonds is 5. The molecular formula is C15H18INO. The molecule has 1 N–H and O–H groups in total. The van der Waals surface area contributed by atoms with Crippen LogP contribution in [0, 0.1) is 10.5 Å². The molecule has 0 saturated carbocycles. The van der Waals surface area contributed by atoms with E-state index in [0.717, 1.165) is 18.6 Å². The summed E-state index contributed by atoms with van der Waals surface area (Å²) in [7, 11) is 0. The minimum Gasteiger partial charge on any atom is -0.469 e. The van der Waals surface area contributed by atoms with Gasteiger partial charge in [0, 0.05) is 21.7 Å². The Kier molecular flexibility index (Phi) is 4.69. The van der Waals surface area contributed by atoms with Gasteiger partial charge in [-0.15, -0.1) is 0 Å². The highest BCUT2D eigenvalue weighted by Gasteiger charge is 2.05. The average Bonchev–Trinajstić information content (AvgIpc) is 2.84. The van der Waals surface area contributed by atoms with Gasteiger partial charge in [0.15, 0.2) is 0 Å². The maximum atomic E-state index is 5.34. The fourth-order valence-electron chi connectivity index (χ4n) is 1.85. The first-order valence-electron chi connectivity index (χ1n) is 6.20. The summed E-state index contributed by atoms with van der Waals surface area (Å²) in [6.45, 7) is 4.33. The van der Waals surface area contributed by atoms with E-state index >= 15 is 0 Å². The van der Waals surface area contributed by atoms with E-state index in [9.17, 15) is 0 Å². The zero-order chi connectivity index (χ0) is 13.0. The number of hydrogen-bond donors (Lipinski definition) is 1. The van der Waals surface area contributed by atoms with Gasteiger partial charge in [-0.25, -0.2) is 0 Å². The molecule has 2 nitrogen and oxygen atoms in total. The molecule has 1 aromatic heterocycles. The topological polar surface area (TPSA) is 25.2 Å². The minimum absolute atomic E-state index is 0.439. The molecule has 1 aromatic carbocycles. The lowest BCUT2D eigenvalue weighted by molar-refractivity contribution is 0.495. The average molecular weight is 355 g/mol. The Morgan fingerprint density at radius 1 is 1.33 bits per heavy atom. The molecule has 2 aromatic rings. The summed E-state index contributed by atoms with van der Waals surface area (Å²) in [5, 5.41) is 3.53. The van der Waals surface area contributed by atoms with Crippen LogP contribution in [0.5, 0.6) is 0 Å². The second-order valence-electron chi connectivity index (χ2n) is 4.63. The van der Waals surface area contributed by atoms with Crippen molar-refractivity contribution in [1.29, 1.82) is 0 Å². The van der Waals surface area contributed by atoms with Crippen molar-refractivity contribution < 1.29 is 4.42 Å². The molecule has 0 radical (unpaired) electrons. The van der Waals surface area contributed by atoms with E-state index in [2.05, 4.69) is 60.0 Å². The zero-order valence-electron chi connectivity index (χ0n) is 10.7. The van der Waals surface area contributed by atoms with Crippen LogP contribution in [0.15, 0.2) is 41.0 Å². The summed E-state index contributed by atoms with van der Waals surface area (Å²) in [6, 6.07) is 10.9. The van der Waals surface area contributed by atoms with E-state index in [4.69, 9.17) is 4.42 Å². The third-order valence-electron chi connectivity index (χ3n) is 2.99. The molecule has 18 heavy (non-hydrogen) atoms. The third kappa shape index (κ3) is 3.77. The van der Waals surface area contributed by atoms with Crippen LogP contribution in [0.4, 0.5) is 5.69 Å². The van der Waals surface area contributed by atoms with Crippen molar-refractivity contribution in [1.82, 2.24) is 0 Å². The lowest BCUT2D eigenvalue weighted by Crippen LogP contribution is -2.16. The van der Waals surface area contributed by atoms with Gasteiger partial charge >= 0.3 is 0 Å². The van der Waals surface area contributed by atoms with Crippen LogP contribution in [-0.2, 0) is 6.42 Å². The fraction of sp³-hybridized carbons (Fsp3) is 0.333. The van der Waals surface area contributed by atoms with Gasteiger partial charge in [0.2, 0.25) is 0 Å². The third-order valence-corrected chi connectivity index (χ3v) is 4.15. The number of benzene rings is 1. The Hall–Kier alpha value is -0.970. The molecule has 0 spiro atoms. The van der Waals surface area contributed by atoms with Crippen LogP contribution < -0.4 is 5.32 Å². The van der Waals surface area contributed by atoms with Crippen LogP contribution in [0.2, 0.25) is 0 Å². The van der Waals surface area contributed by atoms with Gasteiger partial charge in [-0.2, -0.15) is 0 Å². The van der Waals surface area contributed by atoms with Gasteiger partial charge in [-0.1, -0.05) is 6.07 Å².